The molecule has 42 heavy (non-hydrogen) atoms. The lowest BCUT2D eigenvalue weighted by Crippen LogP contribution is -2.56. The summed E-state index contributed by atoms with van der Waals surface area (Å²) in [6, 6.07) is 13.1. The number of hydrogen-bond acceptors (Lipinski definition) is 4. The largest absolute Gasteiger partial charge is 0.464 e. The first-order valence-electron chi connectivity index (χ1n) is 15.5. The van der Waals surface area contributed by atoms with Crippen molar-refractivity contribution in [1.82, 2.24) is 9.80 Å². The molecule has 0 spiro atoms. The first-order valence-corrected chi connectivity index (χ1v) is 15.5. The van der Waals surface area contributed by atoms with Gasteiger partial charge in [-0.05, 0) is 98.4 Å². The zero-order chi connectivity index (χ0) is 29.4. The average molecular weight is 573 g/mol. The molecule has 1 heterocycles. The zero-order valence-electron chi connectivity index (χ0n) is 24.7. The topological polar surface area (TPSA) is 70.8 Å². The molecule has 4 fully saturated rings. The summed E-state index contributed by atoms with van der Waals surface area (Å²) < 4.78 is 19.4. The van der Waals surface area contributed by atoms with Gasteiger partial charge in [0.15, 0.2) is 5.43 Å². The molecule has 4 saturated carbocycles. The number of hydrogen-bond donors (Lipinski definition) is 0. The van der Waals surface area contributed by atoms with Crippen LogP contribution in [0.5, 0.6) is 0 Å². The Morgan fingerprint density at radius 3 is 2.21 bits per heavy atom. The third-order valence-corrected chi connectivity index (χ3v) is 9.83. The summed E-state index contributed by atoms with van der Waals surface area (Å²) in [5, 5.41) is 0.458. The average Bonchev–Trinajstić information content (AvgIpc) is 2.96. The predicted octanol–water partition coefficient (Wildman–Crippen LogP) is 6.55. The van der Waals surface area contributed by atoms with Crippen molar-refractivity contribution in [3.8, 4) is 0 Å². The van der Waals surface area contributed by atoms with Gasteiger partial charge in [-0.3, -0.25) is 14.4 Å². The van der Waals surface area contributed by atoms with Crippen molar-refractivity contribution in [1.29, 1.82) is 0 Å². The highest BCUT2D eigenvalue weighted by Crippen LogP contribution is 2.60. The number of amides is 2. The van der Waals surface area contributed by atoms with Crippen LogP contribution in [0.1, 0.15) is 69.9 Å². The van der Waals surface area contributed by atoms with Crippen LogP contribution in [0, 0.1) is 34.9 Å². The van der Waals surface area contributed by atoms with Crippen molar-refractivity contribution >= 4 is 22.8 Å². The van der Waals surface area contributed by atoms with E-state index in [1.807, 2.05) is 11.0 Å². The summed E-state index contributed by atoms with van der Waals surface area (Å²) in [6.45, 7) is 4.99. The van der Waals surface area contributed by atoms with E-state index in [1.165, 1.54) is 37.7 Å². The van der Waals surface area contributed by atoms with Crippen LogP contribution in [0.15, 0.2) is 64.0 Å². The molecule has 0 aliphatic heterocycles. The van der Waals surface area contributed by atoms with Gasteiger partial charge >= 0.3 is 0 Å². The second-order valence-electron chi connectivity index (χ2n) is 13.6. The molecule has 0 radical (unpaired) electrons. The molecule has 0 saturated heterocycles. The number of carbonyl (C=O) groups excluding carboxylic acids is 2. The monoisotopic (exact) mass is 572 g/mol. The Labute approximate surface area is 246 Å². The lowest BCUT2D eigenvalue weighted by molar-refractivity contribution is -0.160. The lowest BCUT2D eigenvalue weighted by atomic mass is 9.49. The molecule has 4 bridgehead atoms. The maximum atomic E-state index is 14.4. The molecule has 4 aliphatic rings. The second kappa shape index (κ2) is 11.7. The van der Waals surface area contributed by atoms with Gasteiger partial charge in [0, 0.05) is 13.1 Å². The molecule has 4 aliphatic carbocycles. The molecular formula is C35H41FN2O4. The fourth-order valence-corrected chi connectivity index (χ4v) is 8.11. The first kappa shape index (κ1) is 28.6. The number of carbonyl (C=O) groups is 2. The van der Waals surface area contributed by atoms with Crippen molar-refractivity contribution in [2.24, 2.45) is 29.1 Å². The van der Waals surface area contributed by atoms with Crippen molar-refractivity contribution in [3.63, 3.8) is 0 Å². The summed E-state index contributed by atoms with van der Waals surface area (Å²) in [5.74, 6) is 1.84. The highest BCUT2D eigenvalue weighted by atomic mass is 19.1. The van der Waals surface area contributed by atoms with Crippen molar-refractivity contribution in [3.05, 3.63) is 82.0 Å². The van der Waals surface area contributed by atoms with Gasteiger partial charge in [0.05, 0.1) is 35.7 Å². The molecule has 0 unspecified atom stereocenters. The second-order valence-corrected chi connectivity index (χ2v) is 13.6. The molecule has 0 atom stereocenters. The molecule has 7 heteroatoms. The Balaban J connectivity index is 1.28. The van der Waals surface area contributed by atoms with Crippen LogP contribution < -0.4 is 5.43 Å². The molecule has 6 nitrogen and oxygen atoms in total. The van der Waals surface area contributed by atoms with Crippen LogP contribution in [0.25, 0.3) is 11.0 Å². The van der Waals surface area contributed by atoms with E-state index in [-0.39, 0.29) is 48.1 Å². The number of rotatable bonds is 10. The minimum atomic E-state index is -0.354. The van der Waals surface area contributed by atoms with Crippen LogP contribution in [-0.2, 0) is 22.7 Å². The summed E-state index contributed by atoms with van der Waals surface area (Å²) in [4.78, 5) is 45.2. The van der Waals surface area contributed by atoms with Crippen LogP contribution in [0.3, 0.4) is 0 Å². The fraction of sp³-hybridized carbons (Fsp3) is 0.514. The van der Waals surface area contributed by atoms with E-state index in [2.05, 4.69) is 13.8 Å². The van der Waals surface area contributed by atoms with E-state index in [0.717, 1.165) is 31.2 Å². The van der Waals surface area contributed by atoms with E-state index < -0.39 is 0 Å². The van der Waals surface area contributed by atoms with Gasteiger partial charge in [-0.2, -0.15) is 0 Å². The van der Waals surface area contributed by atoms with E-state index in [4.69, 9.17) is 4.42 Å². The third-order valence-electron chi connectivity index (χ3n) is 9.83. The molecule has 1 aromatic heterocycles. The molecule has 7 rings (SSSR count). The van der Waals surface area contributed by atoms with Gasteiger partial charge in [-0.1, -0.05) is 38.1 Å². The fourth-order valence-electron chi connectivity index (χ4n) is 8.11. The van der Waals surface area contributed by atoms with Crippen molar-refractivity contribution in [2.45, 2.75) is 71.9 Å². The predicted molar refractivity (Wildman–Crippen MR) is 160 cm³/mol. The highest BCUT2D eigenvalue weighted by molar-refractivity contribution is 5.88. The lowest BCUT2D eigenvalue weighted by Gasteiger charge is -2.56. The minimum absolute atomic E-state index is 0.0343. The number of halogens is 1. The Morgan fingerprint density at radius 2 is 1.57 bits per heavy atom. The minimum Gasteiger partial charge on any atom is -0.464 e. The van der Waals surface area contributed by atoms with Crippen LogP contribution in [0.4, 0.5) is 4.39 Å². The molecule has 2 amide bonds. The van der Waals surface area contributed by atoms with Gasteiger partial charge in [-0.15, -0.1) is 0 Å². The molecular weight excluding hydrogens is 531 g/mol. The zero-order valence-corrected chi connectivity index (χ0v) is 24.7. The van der Waals surface area contributed by atoms with Crippen molar-refractivity contribution in [2.75, 3.05) is 13.1 Å². The molecule has 0 N–H and O–H groups in total. The van der Waals surface area contributed by atoms with Gasteiger partial charge in [0.25, 0.3) is 0 Å². The quantitative estimate of drug-likeness (QED) is 0.276. The van der Waals surface area contributed by atoms with Gasteiger partial charge in [0.2, 0.25) is 11.8 Å². The van der Waals surface area contributed by atoms with E-state index in [1.54, 1.807) is 35.2 Å². The van der Waals surface area contributed by atoms with Crippen LogP contribution in [0.2, 0.25) is 0 Å². The van der Waals surface area contributed by atoms with Gasteiger partial charge in [-0.25, -0.2) is 4.39 Å². The normalized spacial score (nSPS) is 24.3. The van der Waals surface area contributed by atoms with Gasteiger partial charge in [0.1, 0.15) is 11.4 Å². The van der Waals surface area contributed by atoms with Gasteiger partial charge < -0.3 is 14.2 Å². The highest BCUT2D eigenvalue weighted by Gasteiger charge is 2.55. The van der Waals surface area contributed by atoms with E-state index in [9.17, 15) is 18.8 Å². The first-order chi connectivity index (χ1) is 20.2. The van der Waals surface area contributed by atoms with E-state index in [0.29, 0.717) is 46.7 Å². The van der Waals surface area contributed by atoms with E-state index >= 15 is 0 Å². The Bertz CT molecular complexity index is 1480. The SMILES string of the molecule is CC(C)CCN(CC(=O)N(Cc1ccc(F)cc1)Cc1coc2ccccc2c1=O)C(=O)C12CC3CC(CC(C3)C1)C2. The summed E-state index contributed by atoms with van der Waals surface area (Å²) >= 11 is 0. The maximum Gasteiger partial charge on any atom is 0.242 e. The molecule has 3 aromatic rings. The smallest absolute Gasteiger partial charge is 0.242 e. The Morgan fingerprint density at radius 1 is 0.929 bits per heavy atom. The Kier molecular flexibility index (Phi) is 7.95. The van der Waals surface area contributed by atoms with Crippen LogP contribution in [-0.4, -0.2) is 34.7 Å². The molecule has 2 aromatic carbocycles. The summed E-state index contributed by atoms with van der Waals surface area (Å²) in [5.41, 5.74) is 1.08. The third kappa shape index (κ3) is 5.88. The summed E-state index contributed by atoms with van der Waals surface area (Å²) in [7, 11) is 0. The van der Waals surface area contributed by atoms with Crippen LogP contribution >= 0.6 is 0 Å². The molecule has 222 valence electrons. The number of nitrogens with zero attached hydrogens (tertiary/aromatic N) is 2. The number of para-hydroxylation sites is 1. The Hall–Kier alpha value is -3.48. The number of benzene rings is 2. The van der Waals surface area contributed by atoms with Crippen molar-refractivity contribution < 1.29 is 18.4 Å². The standard InChI is InChI=1S/C35H41FN2O4/c1-23(2)11-12-37(34(41)35-16-25-13-26(17-35)15-27(14-25)18-35)21-32(39)38(19-24-7-9-29(36)10-8-24)20-28-22-42-31-6-4-3-5-30(31)33(28)40/h3-10,22-23,25-27H,11-21H2,1-2H3. The number of fused-ring (bicyclic) bond motifs is 1. The maximum absolute atomic E-state index is 14.4. The summed E-state index contributed by atoms with van der Waals surface area (Å²) in [6.07, 6.45) is 8.82.